The molecule has 1 aromatic heterocycles. The van der Waals surface area contributed by atoms with Gasteiger partial charge in [-0.15, -0.1) is 24.0 Å². The second-order valence-electron chi connectivity index (χ2n) is 5.38. The van der Waals surface area contributed by atoms with Crippen LogP contribution in [0.25, 0.3) is 0 Å². The summed E-state index contributed by atoms with van der Waals surface area (Å²) in [6, 6.07) is 9.40. The molecular weight excluding hydrogens is 393 g/mol. The van der Waals surface area contributed by atoms with E-state index in [-0.39, 0.29) is 36.5 Å². The van der Waals surface area contributed by atoms with Crippen LogP contribution >= 0.6 is 24.0 Å². The quantitative estimate of drug-likeness (QED) is 0.407. The number of nitrogens with zero attached hydrogens (tertiary/aromatic N) is 1. The maximum Gasteiger partial charge on any atom is 0.193 e. The minimum Gasteiger partial charge on any atom is -0.466 e. The normalized spacial score (nSPS) is 14.1. The van der Waals surface area contributed by atoms with Crippen molar-refractivity contribution in [1.29, 1.82) is 0 Å². The van der Waals surface area contributed by atoms with Gasteiger partial charge in [0.25, 0.3) is 0 Å². The van der Waals surface area contributed by atoms with Crippen LogP contribution in [-0.4, -0.2) is 17.6 Å². The van der Waals surface area contributed by atoms with Crippen molar-refractivity contribution >= 4 is 35.6 Å². The summed E-state index contributed by atoms with van der Waals surface area (Å²) in [5, 5.41) is 13.3. The maximum absolute atomic E-state index is 10.3. The van der Waals surface area contributed by atoms with Crippen molar-refractivity contribution in [1.82, 2.24) is 0 Å². The van der Waals surface area contributed by atoms with Crippen LogP contribution in [0.2, 0.25) is 0 Å². The summed E-state index contributed by atoms with van der Waals surface area (Å²) < 4.78 is 5.20. The number of benzene rings is 1. The van der Waals surface area contributed by atoms with Crippen molar-refractivity contribution in [2.45, 2.75) is 26.4 Å². The number of aliphatic hydroxyl groups is 1. The molecule has 0 amide bonds. The summed E-state index contributed by atoms with van der Waals surface area (Å²) in [6.07, 6.45) is 1.52. The predicted molar refractivity (Wildman–Crippen MR) is 99.7 cm³/mol. The second-order valence-corrected chi connectivity index (χ2v) is 5.38. The Bertz CT molecular complexity index is 637. The number of aliphatic imine (C=N–C) groups is 1. The van der Waals surface area contributed by atoms with Crippen LogP contribution in [0, 0.1) is 13.8 Å². The molecule has 4 N–H and O–H groups in total. The summed E-state index contributed by atoms with van der Waals surface area (Å²) in [6.45, 7) is 5.84. The highest BCUT2D eigenvalue weighted by Gasteiger charge is 2.25. The Morgan fingerprint density at radius 1 is 1.32 bits per heavy atom. The van der Waals surface area contributed by atoms with E-state index in [0.29, 0.717) is 5.76 Å². The average Bonchev–Trinajstić information content (AvgIpc) is 2.96. The van der Waals surface area contributed by atoms with E-state index in [2.05, 4.69) is 17.2 Å². The molecule has 0 saturated heterocycles. The lowest BCUT2D eigenvalue weighted by molar-refractivity contribution is 0.0438. The van der Waals surface area contributed by atoms with Crippen molar-refractivity contribution in [3.63, 3.8) is 0 Å². The van der Waals surface area contributed by atoms with Gasteiger partial charge < -0.3 is 20.6 Å². The molecule has 0 radical (unpaired) electrons. The maximum atomic E-state index is 10.3. The molecule has 0 bridgehead atoms. The SMILES string of the molecule is Cc1ccc(NC(N)=NCC(C)(O)c2ccco2)cc1C.I. The van der Waals surface area contributed by atoms with Crippen LogP contribution in [-0.2, 0) is 5.60 Å². The van der Waals surface area contributed by atoms with Gasteiger partial charge >= 0.3 is 0 Å². The zero-order chi connectivity index (χ0) is 15.5. The molecule has 0 spiro atoms. The molecule has 1 heterocycles. The molecule has 0 aliphatic rings. The number of hydrogen-bond donors (Lipinski definition) is 3. The number of nitrogens with one attached hydrogen (secondary N) is 1. The summed E-state index contributed by atoms with van der Waals surface area (Å²) in [5.74, 6) is 0.718. The van der Waals surface area contributed by atoms with Crippen LogP contribution in [0.15, 0.2) is 46.0 Å². The predicted octanol–water partition coefficient (Wildman–Crippen LogP) is 3.15. The molecule has 5 nitrogen and oxygen atoms in total. The fraction of sp³-hybridized carbons (Fsp3) is 0.312. The Morgan fingerprint density at radius 2 is 2.05 bits per heavy atom. The molecule has 2 rings (SSSR count). The van der Waals surface area contributed by atoms with E-state index < -0.39 is 5.60 Å². The van der Waals surface area contributed by atoms with E-state index in [1.54, 1.807) is 19.1 Å². The molecule has 1 unspecified atom stereocenters. The van der Waals surface area contributed by atoms with Gasteiger partial charge in [-0.1, -0.05) is 6.07 Å². The van der Waals surface area contributed by atoms with Crippen molar-refractivity contribution in [2.75, 3.05) is 11.9 Å². The number of furan rings is 1. The van der Waals surface area contributed by atoms with Crippen LogP contribution < -0.4 is 11.1 Å². The van der Waals surface area contributed by atoms with Gasteiger partial charge in [0.1, 0.15) is 11.4 Å². The fourth-order valence-electron chi connectivity index (χ4n) is 1.91. The largest absolute Gasteiger partial charge is 0.466 e. The second kappa shape index (κ2) is 7.64. The third-order valence-corrected chi connectivity index (χ3v) is 3.39. The van der Waals surface area contributed by atoms with E-state index in [1.165, 1.54) is 17.4 Å². The summed E-state index contributed by atoms with van der Waals surface area (Å²) in [4.78, 5) is 4.17. The van der Waals surface area contributed by atoms with Crippen LogP contribution in [0.1, 0.15) is 23.8 Å². The smallest absolute Gasteiger partial charge is 0.193 e. The topological polar surface area (TPSA) is 83.8 Å². The lowest BCUT2D eigenvalue weighted by Gasteiger charge is -2.18. The monoisotopic (exact) mass is 415 g/mol. The Hall–Kier alpha value is -1.54. The highest BCUT2D eigenvalue weighted by atomic mass is 127. The Labute approximate surface area is 147 Å². The molecular formula is C16H22IN3O2. The minimum atomic E-state index is -1.18. The first kappa shape index (κ1) is 18.5. The molecule has 1 atom stereocenters. The summed E-state index contributed by atoms with van der Waals surface area (Å²) in [7, 11) is 0. The molecule has 2 aromatic rings. The van der Waals surface area contributed by atoms with E-state index >= 15 is 0 Å². The molecule has 6 heteroatoms. The van der Waals surface area contributed by atoms with Crippen molar-refractivity contribution in [3.8, 4) is 0 Å². The zero-order valence-corrected chi connectivity index (χ0v) is 15.3. The first-order chi connectivity index (χ1) is 9.88. The summed E-state index contributed by atoms with van der Waals surface area (Å²) >= 11 is 0. The van der Waals surface area contributed by atoms with E-state index in [1.807, 2.05) is 25.1 Å². The zero-order valence-electron chi connectivity index (χ0n) is 13.0. The lowest BCUT2D eigenvalue weighted by atomic mass is 10.0. The van der Waals surface area contributed by atoms with Crippen molar-refractivity contribution in [3.05, 3.63) is 53.5 Å². The van der Waals surface area contributed by atoms with Crippen LogP contribution in [0.4, 0.5) is 5.69 Å². The van der Waals surface area contributed by atoms with Gasteiger partial charge in [-0.3, -0.25) is 0 Å². The van der Waals surface area contributed by atoms with Gasteiger partial charge in [0, 0.05) is 5.69 Å². The highest BCUT2D eigenvalue weighted by molar-refractivity contribution is 14.0. The van der Waals surface area contributed by atoms with Gasteiger partial charge in [-0.25, -0.2) is 4.99 Å². The van der Waals surface area contributed by atoms with Crippen molar-refractivity contribution < 1.29 is 9.52 Å². The number of halogens is 1. The van der Waals surface area contributed by atoms with E-state index in [4.69, 9.17) is 10.2 Å². The molecule has 120 valence electrons. The number of hydrogen-bond acceptors (Lipinski definition) is 3. The van der Waals surface area contributed by atoms with Gasteiger partial charge in [0.05, 0.1) is 12.8 Å². The number of aryl methyl sites for hydroxylation is 2. The third-order valence-electron chi connectivity index (χ3n) is 3.39. The molecule has 0 saturated carbocycles. The first-order valence-electron chi connectivity index (χ1n) is 6.79. The van der Waals surface area contributed by atoms with Crippen LogP contribution in [0.3, 0.4) is 0 Å². The summed E-state index contributed by atoms with van der Waals surface area (Å²) in [5.41, 5.74) is 7.94. The molecule has 1 aromatic carbocycles. The number of anilines is 1. The Balaban J connectivity index is 0.00000242. The minimum absolute atomic E-state index is 0. The molecule has 0 aliphatic carbocycles. The standard InChI is InChI=1S/C16H21N3O2.HI/c1-11-6-7-13(9-12(11)2)19-15(17)18-10-16(3,20)14-5-4-8-21-14;/h4-9,20H,10H2,1-3H3,(H3,17,18,19);1H. The third kappa shape index (κ3) is 4.74. The highest BCUT2D eigenvalue weighted by Crippen LogP contribution is 2.21. The van der Waals surface area contributed by atoms with Crippen LogP contribution in [0.5, 0.6) is 0 Å². The van der Waals surface area contributed by atoms with Gasteiger partial charge in [0.15, 0.2) is 5.96 Å². The molecule has 0 aliphatic heterocycles. The number of nitrogens with two attached hydrogens (primary N) is 1. The Morgan fingerprint density at radius 3 is 2.64 bits per heavy atom. The average molecular weight is 415 g/mol. The molecule has 0 fully saturated rings. The fourth-order valence-corrected chi connectivity index (χ4v) is 1.91. The van der Waals surface area contributed by atoms with E-state index in [9.17, 15) is 5.11 Å². The van der Waals surface area contributed by atoms with E-state index in [0.717, 1.165) is 5.69 Å². The van der Waals surface area contributed by atoms with Gasteiger partial charge in [-0.05, 0) is 56.2 Å². The molecule has 22 heavy (non-hydrogen) atoms. The first-order valence-corrected chi connectivity index (χ1v) is 6.79. The van der Waals surface area contributed by atoms with Crippen molar-refractivity contribution in [2.24, 2.45) is 10.7 Å². The van der Waals surface area contributed by atoms with Gasteiger partial charge in [0.2, 0.25) is 0 Å². The number of rotatable bonds is 4. The lowest BCUT2D eigenvalue weighted by Crippen LogP contribution is -2.29. The Kier molecular flexibility index (Phi) is 6.43. The number of guanidine groups is 1. The van der Waals surface area contributed by atoms with Gasteiger partial charge in [-0.2, -0.15) is 0 Å².